The van der Waals surface area contributed by atoms with Gasteiger partial charge in [-0.05, 0) is 49.4 Å². The van der Waals surface area contributed by atoms with Gasteiger partial charge in [0.25, 0.3) is 0 Å². The smallest absolute Gasteiger partial charge is 0.161 e. The van der Waals surface area contributed by atoms with Crippen molar-refractivity contribution >= 4 is 11.3 Å². The van der Waals surface area contributed by atoms with Crippen molar-refractivity contribution in [3.63, 3.8) is 0 Å². The first-order chi connectivity index (χ1) is 12.3. The van der Waals surface area contributed by atoms with Crippen molar-refractivity contribution in [2.75, 3.05) is 32.9 Å². The molecule has 4 nitrogen and oxygen atoms in total. The van der Waals surface area contributed by atoms with E-state index in [0.717, 1.165) is 44.2 Å². The van der Waals surface area contributed by atoms with E-state index in [1.54, 1.807) is 11.3 Å². The summed E-state index contributed by atoms with van der Waals surface area (Å²) in [5.41, 5.74) is 1.28. The van der Waals surface area contributed by atoms with E-state index >= 15 is 0 Å². The van der Waals surface area contributed by atoms with Crippen molar-refractivity contribution in [3.8, 4) is 11.5 Å². The SMILES string of the molecule is CCOc1cc(CC(C)N2CCOCC2)ccc1OCc1cccs1. The van der Waals surface area contributed by atoms with Crippen LogP contribution in [0.25, 0.3) is 0 Å². The molecule has 25 heavy (non-hydrogen) atoms. The highest BCUT2D eigenvalue weighted by molar-refractivity contribution is 7.09. The summed E-state index contributed by atoms with van der Waals surface area (Å²) < 4.78 is 17.2. The number of morpholine rings is 1. The van der Waals surface area contributed by atoms with Crippen LogP contribution in [0, 0.1) is 0 Å². The average molecular weight is 362 g/mol. The lowest BCUT2D eigenvalue weighted by Crippen LogP contribution is -2.43. The molecule has 0 aliphatic carbocycles. The Balaban J connectivity index is 1.65. The van der Waals surface area contributed by atoms with Gasteiger partial charge in [-0.3, -0.25) is 4.90 Å². The first-order valence-corrected chi connectivity index (χ1v) is 9.87. The van der Waals surface area contributed by atoms with Crippen molar-refractivity contribution in [2.24, 2.45) is 0 Å². The minimum Gasteiger partial charge on any atom is -0.490 e. The molecule has 5 heteroatoms. The molecule has 0 saturated carbocycles. The van der Waals surface area contributed by atoms with Gasteiger partial charge in [0.1, 0.15) is 6.61 Å². The summed E-state index contributed by atoms with van der Waals surface area (Å²) >= 11 is 1.71. The summed E-state index contributed by atoms with van der Waals surface area (Å²) in [6, 6.07) is 11.0. The number of benzene rings is 1. The quantitative estimate of drug-likeness (QED) is 0.711. The molecule has 0 spiro atoms. The molecule has 1 fully saturated rings. The van der Waals surface area contributed by atoms with Gasteiger partial charge in [-0.2, -0.15) is 0 Å². The Bertz CT molecular complexity index is 638. The highest BCUT2D eigenvalue weighted by Gasteiger charge is 2.18. The first kappa shape index (κ1) is 18.2. The lowest BCUT2D eigenvalue weighted by atomic mass is 10.0. The maximum Gasteiger partial charge on any atom is 0.161 e. The molecule has 1 atom stereocenters. The van der Waals surface area contributed by atoms with Gasteiger partial charge in [0.05, 0.1) is 19.8 Å². The van der Waals surface area contributed by atoms with E-state index in [1.807, 2.05) is 19.1 Å². The van der Waals surface area contributed by atoms with Gasteiger partial charge in [-0.15, -0.1) is 11.3 Å². The van der Waals surface area contributed by atoms with Crippen LogP contribution in [0.1, 0.15) is 24.3 Å². The molecule has 1 saturated heterocycles. The number of hydrogen-bond donors (Lipinski definition) is 0. The van der Waals surface area contributed by atoms with E-state index in [9.17, 15) is 0 Å². The van der Waals surface area contributed by atoms with Crippen molar-refractivity contribution in [3.05, 3.63) is 46.2 Å². The topological polar surface area (TPSA) is 30.9 Å². The van der Waals surface area contributed by atoms with Crippen LogP contribution in [0.2, 0.25) is 0 Å². The Morgan fingerprint density at radius 3 is 2.72 bits per heavy atom. The molecule has 1 aliphatic rings. The van der Waals surface area contributed by atoms with Crippen LogP contribution in [-0.2, 0) is 17.8 Å². The largest absolute Gasteiger partial charge is 0.490 e. The van der Waals surface area contributed by atoms with E-state index in [2.05, 4.69) is 35.4 Å². The fraction of sp³-hybridized carbons (Fsp3) is 0.500. The molecule has 136 valence electrons. The van der Waals surface area contributed by atoms with Gasteiger partial charge in [-0.1, -0.05) is 12.1 Å². The van der Waals surface area contributed by atoms with Gasteiger partial charge in [0.15, 0.2) is 11.5 Å². The minimum absolute atomic E-state index is 0.497. The maximum absolute atomic E-state index is 5.97. The lowest BCUT2D eigenvalue weighted by molar-refractivity contribution is 0.0203. The summed E-state index contributed by atoms with van der Waals surface area (Å²) in [5, 5.41) is 2.07. The predicted molar refractivity (Wildman–Crippen MR) is 102 cm³/mol. The zero-order valence-electron chi connectivity index (χ0n) is 15.1. The zero-order chi connectivity index (χ0) is 17.5. The highest BCUT2D eigenvalue weighted by Crippen LogP contribution is 2.30. The average Bonchev–Trinajstić information content (AvgIpc) is 3.16. The Morgan fingerprint density at radius 1 is 1.16 bits per heavy atom. The Morgan fingerprint density at radius 2 is 2.00 bits per heavy atom. The number of nitrogens with zero attached hydrogens (tertiary/aromatic N) is 1. The molecular weight excluding hydrogens is 334 g/mol. The summed E-state index contributed by atoms with van der Waals surface area (Å²) in [6.45, 7) is 9.22. The Labute approximate surface area is 154 Å². The van der Waals surface area contributed by atoms with Crippen molar-refractivity contribution < 1.29 is 14.2 Å². The monoisotopic (exact) mass is 361 g/mol. The third kappa shape index (κ3) is 5.21. The molecule has 0 bridgehead atoms. The molecule has 1 aliphatic heterocycles. The number of ether oxygens (including phenoxy) is 3. The summed E-state index contributed by atoms with van der Waals surface area (Å²) in [7, 11) is 0. The van der Waals surface area contributed by atoms with Gasteiger partial charge in [0, 0.05) is 24.0 Å². The second-order valence-corrected chi connectivity index (χ2v) is 7.32. The minimum atomic E-state index is 0.497. The number of rotatable bonds is 8. The Hall–Kier alpha value is -1.56. The molecule has 1 aromatic heterocycles. The van der Waals surface area contributed by atoms with Crippen molar-refractivity contribution in [1.29, 1.82) is 0 Å². The van der Waals surface area contributed by atoms with Crippen molar-refractivity contribution in [2.45, 2.75) is 32.9 Å². The third-order valence-electron chi connectivity index (χ3n) is 4.46. The van der Waals surface area contributed by atoms with Crippen LogP contribution in [0.3, 0.4) is 0 Å². The molecular formula is C20H27NO3S. The highest BCUT2D eigenvalue weighted by atomic mass is 32.1. The van der Waals surface area contributed by atoms with Crippen LogP contribution in [0.4, 0.5) is 0 Å². The Kier molecular flexibility index (Phi) is 6.73. The van der Waals surface area contributed by atoms with E-state index in [1.165, 1.54) is 10.4 Å². The first-order valence-electron chi connectivity index (χ1n) is 8.99. The second kappa shape index (κ2) is 9.22. The summed E-state index contributed by atoms with van der Waals surface area (Å²) in [5.74, 6) is 1.66. The van der Waals surface area contributed by atoms with E-state index < -0.39 is 0 Å². The van der Waals surface area contributed by atoms with Crippen LogP contribution in [0.15, 0.2) is 35.7 Å². The normalized spacial score (nSPS) is 16.6. The number of thiophene rings is 1. The predicted octanol–water partition coefficient (Wildman–Crippen LogP) is 3.99. The molecule has 3 rings (SSSR count). The maximum atomic E-state index is 5.97. The molecule has 0 amide bonds. The fourth-order valence-electron chi connectivity index (χ4n) is 3.10. The zero-order valence-corrected chi connectivity index (χ0v) is 15.9. The molecule has 1 aromatic carbocycles. The second-order valence-electron chi connectivity index (χ2n) is 6.28. The molecule has 2 heterocycles. The van der Waals surface area contributed by atoms with E-state index in [0.29, 0.717) is 19.3 Å². The molecule has 0 N–H and O–H groups in total. The van der Waals surface area contributed by atoms with E-state index in [-0.39, 0.29) is 0 Å². The van der Waals surface area contributed by atoms with Crippen LogP contribution < -0.4 is 9.47 Å². The van der Waals surface area contributed by atoms with E-state index in [4.69, 9.17) is 14.2 Å². The van der Waals surface area contributed by atoms with Gasteiger partial charge in [0.2, 0.25) is 0 Å². The summed E-state index contributed by atoms with van der Waals surface area (Å²) in [4.78, 5) is 3.71. The molecule has 0 radical (unpaired) electrons. The molecule has 1 unspecified atom stereocenters. The number of hydrogen-bond acceptors (Lipinski definition) is 5. The standard InChI is InChI=1S/C20H27NO3S/c1-3-23-20-14-17(13-16(2)21-8-10-22-11-9-21)6-7-19(20)24-15-18-5-4-12-25-18/h4-7,12,14,16H,3,8-11,13,15H2,1-2H3. The van der Waals surface area contributed by atoms with Crippen LogP contribution in [0.5, 0.6) is 11.5 Å². The summed E-state index contributed by atoms with van der Waals surface area (Å²) in [6.07, 6.45) is 1.01. The van der Waals surface area contributed by atoms with Crippen molar-refractivity contribution in [1.82, 2.24) is 4.90 Å². The van der Waals surface area contributed by atoms with Gasteiger partial charge >= 0.3 is 0 Å². The van der Waals surface area contributed by atoms with Gasteiger partial charge < -0.3 is 14.2 Å². The third-order valence-corrected chi connectivity index (χ3v) is 5.31. The lowest BCUT2D eigenvalue weighted by Gasteiger charge is -2.32. The van der Waals surface area contributed by atoms with Crippen LogP contribution >= 0.6 is 11.3 Å². The van der Waals surface area contributed by atoms with Gasteiger partial charge in [-0.25, -0.2) is 0 Å². The molecule has 2 aromatic rings. The van der Waals surface area contributed by atoms with Crippen LogP contribution in [-0.4, -0.2) is 43.9 Å². The fourth-order valence-corrected chi connectivity index (χ4v) is 3.72.